The topological polar surface area (TPSA) is 115 Å². The minimum Gasteiger partial charge on any atom is -0.495 e. The Hall–Kier alpha value is -4.10. The van der Waals surface area contributed by atoms with Crippen LogP contribution in [0.3, 0.4) is 0 Å². The fourth-order valence-corrected chi connectivity index (χ4v) is 7.74. The number of halogens is 2. The van der Waals surface area contributed by atoms with Gasteiger partial charge in [0.25, 0.3) is 0 Å². The SMILES string of the molecule is C=CC(=O)NC1CN(C2CCN(C)CC2c2ccccc2)CC1Nc1ncc2c(n1)N(C)C(=O)N(c1c(Cl)c(OC)cc(OC)c1Cl)C2. The molecule has 4 heterocycles. The number of ether oxygens (including phenoxy) is 2. The average molecular weight is 696 g/mol. The normalized spacial score (nSPS) is 23.1. The van der Waals surface area contributed by atoms with Crippen LogP contribution in [0.5, 0.6) is 11.5 Å². The Balaban J connectivity index is 1.25. The number of rotatable bonds is 9. The molecule has 0 aliphatic carbocycles. The molecule has 14 heteroatoms. The van der Waals surface area contributed by atoms with E-state index in [2.05, 4.69) is 63.3 Å². The summed E-state index contributed by atoms with van der Waals surface area (Å²) < 4.78 is 10.8. The summed E-state index contributed by atoms with van der Waals surface area (Å²) in [7, 11) is 6.76. The van der Waals surface area contributed by atoms with Gasteiger partial charge in [-0.2, -0.15) is 4.98 Å². The number of aromatic nitrogens is 2. The smallest absolute Gasteiger partial charge is 0.330 e. The third-order valence-corrected chi connectivity index (χ3v) is 10.2. The third-order valence-electron chi connectivity index (χ3n) is 9.48. The standard InChI is InChI=1S/C34H40Cl2N8O4/c1-6-28(45)38-23-18-43(25-12-13-41(2)17-22(25)20-10-8-7-9-11-20)19-24(23)39-33-37-15-21-16-44(34(46)42(3)32(21)40-33)31-29(35)26(47-4)14-27(48-5)30(31)36/h6-11,14-15,22-25H,1,12-13,16-19H2,2-5H3,(H,38,45)(H,37,39,40). The molecule has 2 aromatic carbocycles. The highest BCUT2D eigenvalue weighted by atomic mass is 35.5. The quantitative estimate of drug-likeness (QED) is 0.310. The molecule has 2 saturated heterocycles. The van der Waals surface area contributed by atoms with Crippen molar-refractivity contribution in [3.05, 3.63) is 76.4 Å². The maximum atomic E-state index is 13.7. The van der Waals surface area contributed by atoms with Gasteiger partial charge in [0.15, 0.2) is 0 Å². The summed E-state index contributed by atoms with van der Waals surface area (Å²) in [5.74, 6) is 1.55. The predicted molar refractivity (Wildman–Crippen MR) is 188 cm³/mol. The number of fused-ring (bicyclic) bond motifs is 1. The number of carbonyl (C=O) groups is 2. The number of likely N-dealkylation sites (N-methyl/N-ethyl adjacent to an activating group) is 1. The van der Waals surface area contributed by atoms with Gasteiger partial charge >= 0.3 is 6.03 Å². The second-order valence-corrected chi connectivity index (χ2v) is 13.1. The van der Waals surface area contributed by atoms with E-state index in [0.717, 1.165) is 19.5 Å². The Morgan fingerprint density at radius 3 is 2.40 bits per heavy atom. The monoisotopic (exact) mass is 694 g/mol. The van der Waals surface area contributed by atoms with Gasteiger partial charge in [0.2, 0.25) is 11.9 Å². The Labute approximate surface area is 290 Å². The Bertz CT molecular complexity index is 1670. The van der Waals surface area contributed by atoms with E-state index in [9.17, 15) is 9.59 Å². The average Bonchev–Trinajstić information content (AvgIpc) is 3.48. The van der Waals surface area contributed by atoms with Gasteiger partial charge in [0.1, 0.15) is 27.4 Å². The van der Waals surface area contributed by atoms with Gasteiger partial charge in [-0.15, -0.1) is 0 Å². The summed E-state index contributed by atoms with van der Waals surface area (Å²) in [6.07, 6.45) is 3.99. The van der Waals surface area contributed by atoms with Crippen LogP contribution in [0.15, 0.2) is 55.3 Å². The third kappa shape index (κ3) is 6.49. The molecular weight excluding hydrogens is 655 g/mol. The van der Waals surface area contributed by atoms with Gasteiger partial charge in [0, 0.05) is 56.5 Å². The minimum atomic E-state index is -0.386. The lowest BCUT2D eigenvalue weighted by Crippen LogP contribution is -2.49. The Morgan fingerprint density at radius 1 is 1.04 bits per heavy atom. The fourth-order valence-electron chi connectivity index (χ4n) is 7.04. The van der Waals surface area contributed by atoms with Crippen molar-refractivity contribution in [1.82, 2.24) is 25.1 Å². The van der Waals surface area contributed by atoms with Crippen LogP contribution >= 0.6 is 23.2 Å². The van der Waals surface area contributed by atoms with Crippen LogP contribution in [-0.4, -0.2) is 104 Å². The van der Waals surface area contributed by atoms with Crippen molar-refractivity contribution < 1.29 is 19.1 Å². The molecular formula is C34H40Cl2N8O4. The number of hydrogen-bond acceptors (Lipinski definition) is 9. The predicted octanol–water partition coefficient (Wildman–Crippen LogP) is 4.63. The molecule has 2 N–H and O–H groups in total. The Morgan fingerprint density at radius 2 is 1.73 bits per heavy atom. The molecule has 4 unspecified atom stereocenters. The lowest BCUT2D eigenvalue weighted by atomic mass is 9.85. The summed E-state index contributed by atoms with van der Waals surface area (Å²) in [6, 6.07) is 11.7. The zero-order chi connectivity index (χ0) is 34.1. The maximum Gasteiger partial charge on any atom is 0.330 e. The highest BCUT2D eigenvalue weighted by molar-refractivity contribution is 6.42. The molecule has 0 bridgehead atoms. The van der Waals surface area contributed by atoms with E-state index in [0.29, 0.717) is 53.9 Å². The molecule has 6 rings (SSSR count). The molecule has 3 aromatic rings. The van der Waals surface area contributed by atoms with Crippen molar-refractivity contribution in [1.29, 1.82) is 0 Å². The van der Waals surface area contributed by atoms with Crippen molar-refractivity contribution in [2.45, 2.75) is 37.0 Å². The number of amides is 3. The highest BCUT2D eigenvalue weighted by Crippen LogP contribution is 2.48. The molecule has 1 aromatic heterocycles. The number of benzene rings is 2. The highest BCUT2D eigenvalue weighted by Gasteiger charge is 2.42. The van der Waals surface area contributed by atoms with E-state index < -0.39 is 0 Å². The van der Waals surface area contributed by atoms with Crippen LogP contribution in [0, 0.1) is 0 Å². The van der Waals surface area contributed by atoms with Gasteiger partial charge in [0.05, 0.1) is 38.5 Å². The van der Waals surface area contributed by atoms with Crippen molar-refractivity contribution in [3.8, 4) is 11.5 Å². The van der Waals surface area contributed by atoms with Gasteiger partial charge in [-0.25, -0.2) is 9.78 Å². The number of likely N-dealkylation sites (tertiary alicyclic amines) is 2. The van der Waals surface area contributed by atoms with E-state index >= 15 is 0 Å². The number of methoxy groups -OCH3 is 2. The maximum absolute atomic E-state index is 13.7. The van der Waals surface area contributed by atoms with E-state index in [1.807, 2.05) is 6.07 Å². The zero-order valence-corrected chi connectivity index (χ0v) is 29.0. The van der Waals surface area contributed by atoms with Gasteiger partial charge in [-0.1, -0.05) is 60.1 Å². The summed E-state index contributed by atoms with van der Waals surface area (Å²) >= 11 is 13.3. The molecule has 48 heavy (non-hydrogen) atoms. The van der Waals surface area contributed by atoms with Crippen molar-refractivity contribution in [3.63, 3.8) is 0 Å². The van der Waals surface area contributed by atoms with E-state index in [4.69, 9.17) is 37.7 Å². The van der Waals surface area contributed by atoms with Crippen molar-refractivity contribution in [2.75, 3.05) is 69.6 Å². The second-order valence-electron chi connectivity index (χ2n) is 12.4. The molecule has 2 fully saturated rings. The number of hydrogen-bond donors (Lipinski definition) is 2. The van der Waals surface area contributed by atoms with Crippen LogP contribution in [-0.2, 0) is 11.3 Å². The van der Waals surface area contributed by atoms with Crippen molar-refractivity contribution >= 4 is 52.6 Å². The van der Waals surface area contributed by atoms with Crippen LogP contribution in [0.1, 0.15) is 23.5 Å². The first-order valence-electron chi connectivity index (χ1n) is 15.8. The van der Waals surface area contributed by atoms with Crippen LogP contribution in [0.2, 0.25) is 10.0 Å². The van der Waals surface area contributed by atoms with Crippen LogP contribution in [0.25, 0.3) is 0 Å². The summed E-state index contributed by atoms with van der Waals surface area (Å²) in [4.78, 5) is 43.4. The minimum absolute atomic E-state index is 0.126. The number of carbonyl (C=O) groups excluding carboxylic acids is 2. The molecule has 0 saturated carbocycles. The van der Waals surface area contributed by atoms with Gasteiger partial charge in [-0.3, -0.25) is 19.5 Å². The number of anilines is 3. The number of urea groups is 1. The molecule has 254 valence electrons. The molecule has 12 nitrogen and oxygen atoms in total. The summed E-state index contributed by atoms with van der Waals surface area (Å²) in [5.41, 5.74) is 2.28. The molecule has 0 radical (unpaired) electrons. The first-order valence-corrected chi connectivity index (χ1v) is 16.6. The number of piperidine rings is 1. The lowest BCUT2D eigenvalue weighted by Gasteiger charge is -2.42. The first-order chi connectivity index (χ1) is 23.1. The Kier molecular flexibility index (Phi) is 9.98. The van der Waals surface area contributed by atoms with Gasteiger partial charge in [-0.05, 0) is 31.7 Å². The van der Waals surface area contributed by atoms with E-state index in [1.54, 1.807) is 19.3 Å². The van der Waals surface area contributed by atoms with Crippen LogP contribution in [0.4, 0.5) is 22.2 Å². The second kappa shape index (κ2) is 14.2. The van der Waals surface area contributed by atoms with Crippen LogP contribution < -0.4 is 29.9 Å². The molecule has 3 aliphatic heterocycles. The molecule has 4 atom stereocenters. The molecule has 0 spiro atoms. The van der Waals surface area contributed by atoms with E-state index in [1.165, 1.54) is 35.7 Å². The number of nitrogens with zero attached hydrogens (tertiary/aromatic N) is 6. The largest absolute Gasteiger partial charge is 0.495 e. The van der Waals surface area contributed by atoms with Gasteiger partial charge < -0.3 is 25.0 Å². The summed E-state index contributed by atoms with van der Waals surface area (Å²) in [6.45, 7) is 7.08. The zero-order valence-electron chi connectivity index (χ0n) is 27.5. The number of nitrogens with one attached hydrogen (secondary N) is 2. The summed E-state index contributed by atoms with van der Waals surface area (Å²) in [5, 5.41) is 6.97. The lowest BCUT2D eigenvalue weighted by molar-refractivity contribution is -0.117. The first kappa shape index (κ1) is 33.8. The molecule has 3 amide bonds. The van der Waals surface area contributed by atoms with E-state index in [-0.39, 0.29) is 46.3 Å². The van der Waals surface area contributed by atoms with Crippen molar-refractivity contribution in [2.24, 2.45) is 0 Å². The molecule has 3 aliphatic rings. The fraction of sp³-hybridized carbons (Fsp3) is 0.412.